The van der Waals surface area contributed by atoms with Gasteiger partial charge in [-0.2, -0.15) is 4.89 Å². The van der Waals surface area contributed by atoms with Crippen LogP contribution in [-0.4, -0.2) is 305 Å². The Balaban J connectivity index is 0.758. The summed E-state index contributed by atoms with van der Waals surface area (Å²) in [6.07, 6.45) is -43.6. The molecule has 7 aliphatic heterocycles. The van der Waals surface area contributed by atoms with Crippen molar-refractivity contribution in [2.45, 2.75) is 257 Å². The highest BCUT2D eigenvalue weighted by molar-refractivity contribution is 5.88. The van der Waals surface area contributed by atoms with Crippen LogP contribution in [0, 0.1) is 52.3 Å². The molecule has 31 heteroatoms. The van der Waals surface area contributed by atoms with Crippen LogP contribution in [0.3, 0.4) is 0 Å². The first-order valence-corrected chi connectivity index (χ1v) is 33.2. The van der Waals surface area contributed by atoms with Crippen LogP contribution in [0.5, 0.6) is 0 Å². The summed E-state index contributed by atoms with van der Waals surface area (Å²) in [5.74, 6) is -0.966. The van der Waals surface area contributed by atoms with Gasteiger partial charge in [0.05, 0.1) is 63.5 Å². The second-order valence-corrected chi connectivity index (χ2v) is 28.7. The minimum absolute atomic E-state index is 0.0122. The lowest BCUT2D eigenvalue weighted by atomic mass is 9.44. The first-order chi connectivity index (χ1) is 44.8. The van der Waals surface area contributed by atoms with E-state index < -0.39 is 222 Å². The number of carbonyl (C=O) groups is 1. The molecule has 1 aromatic rings. The van der Waals surface area contributed by atoms with Gasteiger partial charge in [-0.15, -0.1) is 0 Å². The third kappa shape index (κ3) is 12.8. The number of rotatable bonds is 17. The van der Waals surface area contributed by atoms with E-state index in [-0.39, 0.29) is 47.3 Å². The molecule has 0 aromatic heterocycles. The van der Waals surface area contributed by atoms with Gasteiger partial charge in [-0.25, -0.2) is 4.79 Å². The number of benzene rings is 1. The molecule has 4 saturated carbocycles. The van der Waals surface area contributed by atoms with Gasteiger partial charge in [-0.05, 0) is 91.6 Å². The third-order valence-electron chi connectivity index (χ3n) is 23.4. The van der Waals surface area contributed by atoms with Crippen molar-refractivity contribution in [3.8, 4) is 0 Å². The Hall–Kier alpha value is -2.47. The van der Waals surface area contributed by atoms with E-state index in [2.05, 4.69) is 27.7 Å². The second-order valence-electron chi connectivity index (χ2n) is 28.7. The average molecular weight is 1350 g/mol. The quantitative estimate of drug-likeness (QED) is 0.0396. The molecule has 12 rings (SSSR count). The number of carbonyl (C=O) groups excluding carboxylic acids is 1. The first kappa shape index (κ1) is 71.4. The summed E-state index contributed by atoms with van der Waals surface area (Å²) in [6.45, 7) is 5.04. The molecule has 31 nitrogen and oxygen atoms in total. The minimum Gasteiger partial charge on any atom is -0.394 e. The Kier molecular flexibility index (Phi) is 21.6. The van der Waals surface area contributed by atoms with E-state index >= 15 is 0 Å². The van der Waals surface area contributed by atoms with E-state index in [1.807, 2.05) is 6.07 Å². The molecule has 94 heavy (non-hydrogen) atoms. The van der Waals surface area contributed by atoms with Crippen molar-refractivity contribution in [1.29, 1.82) is 0 Å². The normalized spacial score (nSPS) is 53.5. The molecule has 0 bridgehead atoms. The number of ether oxygens (including phenoxy) is 12. The molecule has 1 unspecified atom stereocenters. The third-order valence-corrected chi connectivity index (χ3v) is 23.4. The Labute approximate surface area is 542 Å². The fourth-order valence-electron chi connectivity index (χ4n) is 18.2. The fraction of sp³-hybridized carbons (Fsp3) is 0.889. The molecule has 38 atom stereocenters. The van der Waals surface area contributed by atoms with E-state index in [9.17, 15) is 86.5 Å². The van der Waals surface area contributed by atoms with Gasteiger partial charge in [0, 0.05) is 24.2 Å². The van der Waals surface area contributed by atoms with Crippen molar-refractivity contribution in [2.24, 2.45) is 52.3 Å². The lowest BCUT2D eigenvalue weighted by Crippen LogP contribution is -2.69. The maximum atomic E-state index is 13.5. The van der Waals surface area contributed by atoms with Crippen molar-refractivity contribution in [3.63, 3.8) is 0 Å². The molecule has 7 heterocycles. The van der Waals surface area contributed by atoms with Gasteiger partial charge in [0.2, 0.25) is 0 Å². The highest BCUT2D eigenvalue weighted by Gasteiger charge is 2.74. The molecule has 7 saturated heterocycles. The molecule has 16 N–H and O–H groups in total. The lowest BCUT2D eigenvalue weighted by Gasteiger charge is -2.62. The Morgan fingerprint density at radius 1 is 0.521 bits per heavy atom. The topological polar surface area (TPSA) is 470 Å². The largest absolute Gasteiger partial charge is 0.394 e. The van der Waals surface area contributed by atoms with Crippen LogP contribution in [0.2, 0.25) is 0 Å². The molecular formula is C63H96O31. The summed E-state index contributed by atoms with van der Waals surface area (Å²) in [5.41, 5.74) is -0.401. The van der Waals surface area contributed by atoms with Gasteiger partial charge < -0.3 is 139 Å². The fourth-order valence-corrected chi connectivity index (χ4v) is 18.2. The van der Waals surface area contributed by atoms with Crippen molar-refractivity contribution < 1.29 is 153 Å². The van der Waals surface area contributed by atoms with Crippen LogP contribution in [0.4, 0.5) is 0 Å². The molecular weight excluding hydrogens is 1250 g/mol. The zero-order valence-corrected chi connectivity index (χ0v) is 52.8. The van der Waals surface area contributed by atoms with Gasteiger partial charge in [-0.3, -0.25) is 4.89 Å². The van der Waals surface area contributed by atoms with Crippen molar-refractivity contribution in [3.05, 3.63) is 35.9 Å². The van der Waals surface area contributed by atoms with E-state index in [1.165, 1.54) is 0 Å². The summed E-state index contributed by atoms with van der Waals surface area (Å²) >= 11 is 0. The SMILES string of the molecule is C[C@@H]1CC[C@@]2(OC1)O[C@H]1[C@@H](OOC(=O)c3ccccc3)[C@H]3[C@@H]4CC[C@H]5C[C@@H](O[C@@H]6O[C@H](CO)[C@H](O[C@@H]7O[C@H](CO)C(O)[C@H](O[C@@H]8OC[C@@H](O)[C@H](O)[C@H]8O)[C@H]7O[C@@H]7O[C@H](CO)[C@H](O)[C@H](O[C@@H]8O[C@H](CO)[C@@H](O)[C@H](O)[C@H]8O)[C@H]7O)[C@H](O)[C@H]6O)[C@H](O)C[C@]5(C)[C@H]4CC[C@]3(C)[C@H]1[C@@H]2C. The zero-order chi connectivity index (χ0) is 67.2. The predicted octanol–water partition coefficient (Wildman–Crippen LogP) is -4.71. The molecule has 0 amide bonds. The highest BCUT2D eigenvalue weighted by atomic mass is 17.2. The van der Waals surface area contributed by atoms with Gasteiger partial charge in [0.25, 0.3) is 0 Å². The molecule has 4 aliphatic carbocycles. The smallest absolute Gasteiger partial charge is 0.373 e. The Morgan fingerprint density at radius 3 is 1.78 bits per heavy atom. The number of hydrogen-bond acceptors (Lipinski definition) is 31. The van der Waals surface area contributed by atoms with Crippen LogP contribution in [0.15, 0.2) is 30.3 Å². The molecule has 11 aliphatic rings. The zero-order valence-electron chi connectivity index (χ0n) is 52.8. The number of fused-ring (bicyclic) bond motifs is 7. The van der Waals surface area contributed by atoms with Crippen LogP contribution < -0.4 is 0 Å². The summed E-state index contributed by atoms with van der Waals surface area (Å²) in [5, 5.41) is 177. The van der Waals surface area contributed by atoms with Gasteiger partial charge in [0.15, 0.2) is 37.2 Å². The molecule has 1 aromatic carbocycles. The number of aliphatic hydroxyl groups is 16. The average Bonchev–Trinajstić information content (AvgIpc) is 1.51. The first-order valence-electron chi connectivity index (χ1n) is 33.2. The molecule has 11 fully saturated rings. The van der Waals surface area contributed by atoms with Crippen molar-refractivity contribution >= 4 is 5.97 Å². The van der Waals surface area contributed by atoms with Crippen LogP contribution in [0.1, 0.15) is 89.4 Å². The van der Waals surface area contributed by atoms with Gasteiger partial charge in [-0.1, -0.05) is 45.9 Å². The van der Waals surface area contributed by atoms with E-state index in [4.69, 9.17) is 66.6 Å². The Bertz CT molecular complexity index is 2660. The Morgan fingerprint density at radius 2 is 1.11 bits per heavy atom. The second kappa shape index (κ2) is 28.5. The van der Waals surface area contributed by atoms with Gasteiger partial charge >= 0.3 is 5.97 Å². The standard InChI is InChI=1S/C63H96O31/c1-24-12-15-63(82-22-24)25(2)37-50(92-63)51(93-94-55(80)26-8-6-5-7-9-26)38-28-11-10-27-16-32(30(68)17-62(27,4)29(28)13-14-61(37,38)3)83-57-47(78)44(75)49(36(21-67)87-57)88-60-54(53(42(73)35(20-66)86-60)90-56-45(76)39(70)31(69)23-81-56)91-59-48(79)52(41(72)34(19-65)85-59)89-58-46(77)43(74)40(71)33(18-64)84-58/h5-9,24-25,27-54,56-60,64-79H,10-23H2,1-4H3/t24-,25+,27+,28-,29+,30-,31-,32-,33-,34-,35-,36-,37+,38-,39+,40-,41+,42?,43+,44-,45-,46-,47-,48-,49+,50-,51+,52+,53+,54-,56+,57-,58+,59+,60+,61-,62+,63-/m1/s1. The minimum atomic E-state index is -2.23. The van der Waals surface area contributed by atoms with Crippen LogP contribution in [0.25, 0.3) is 0 Å². The molecule has 534 valence electrons. The predicted molar refractivity (Wildman–Crippen MR) is 308 cm³/mol. The summed E-state index contributed by atoms with van der Waals surface area (Å²) in [7, 11) is 0. The van der Waals surface area contributed by atoms with Gasteiger partial charge in [0.1, 0.15) is 122 Å². The summed E-state index contributed by atoms with van der Waals surface area (Å²) < 4.78 is 73.5. The van der Waals surface area contributed by atoms with Crippen LogP contribution >= 0.6 is 0 Å². The van der Waals surface area contributed by atoms with E-state index in [1.54, 1.807) is 24.3 Å². The molecule has 1 spiro atoms. The van der Waals surface area contributed by atoms with Crippen molar-refractivity contribution in [1.82, 2.24) is 0 Å². The van der Waals surface area contributed by atoms with E-state index in [0.717, 1.165) is 32.1 Å². The maximum Gasteiger partial charge on any atom is 0.373 e. The lowest BCUT2D eigenvalue weighted by molar-refractivity contribution is -0.410. The monoisotopic (exact) mass is 1350 g/mol. The summed E-state index contributed by atoms with van der Waals surface area (Å²) in [4.78, 5) is 25.7. The maximum absolute atomic E-state index is 13.5. The van der Waals surface area contributed by atoms with Crippen molar-refractivity contribution in [2.75, 3.05) is 39.6 Å². The number of aliphatic hydroxyl groups excluding tert-OH is 16. The summed E-state index contributed by atoms with van der Waals surface area (Å²) in [6, 6.07) is 8.64. The highest BCUT2D eigenvalue weighted by Crippen LogP contribution is 2.72. The molecule has 0 radical (unpaired) electrons. The van der Waals surface area contributed by atoms with Crippen LogP contribution in [-0.2, 0) is 66.6 Å². The van der Waals surface area contributed by atoms with E-state index in [0.29, 0.717) is 30.9 Å². The number of hydrogen-bond donors (Lipinski definition) is 16.